The molecule has 1 fully saturated rings. The Bertz CT molecular complexity index is 543. The van der Waals surface area contributed by atoms with Gasteiger partial charge in [0.1, 0.15) is 5.52 Å². The highest BCUT2D eigenvalue weighted by atomic mass is 32.1. The van der Waals surface area contributed by atoms with Crippen molar-refractivity contribution in [2.45, 2.75) is 12.8 Å². The predicted molar refractivity (Wildman–Crippen MR) is 61.1 cm³/mol. The second-order valence-electron chi connectivity index (χ2n) is 3.85. The maximum Gasteiger partial charge on any atom is 0.194 e. The number of para-hydroxylation sites is 1. The van der Waals surface area contributed by atoms with Gasteiger partial charge in [0.25, 0.3) is 0 Å². The molecular formula is C11H10N2OS. The van der Waals surface area contributed by atoms with E-state index in [1.807, 2.05) is 18.2 Å². The van der Waals surface area contributed by atoms with Crippen molar-refractivity contribution in [2.24, 2.45) is 5.92 Å². The van der Waals surface area contributed by atoms with Gasteiger partial charge in [0.05, 0.1) is 10.4 Å². The largest absolute Gasteiger partial charge is 0.397 e. The molecule has 0 amide bonds. The molecule has 3 rings (SSSR count). The lowest BCUT2D eigenvalue weighted by atomic mass is 10.3. The number of ketones is 1. The number of thiazole rings is 1. The molecule has 0 bridgehead atoms. The maximum atomic E-state index is 11.8. The van der Waals surface area contributed by atoms with E-state index in [0.717, 1.165) is 23.1 Å². The Morgan fingerprint density at radius 3 is 2.93 bits per heavy atom. The minimum atomic E-state index is 0.190. The topological polar surface area (TPSA) is 56.0 Å². The van der Waals surface area contributed by atoms with Gasteiger partial charge in [-0.25, -0.2) is 4.98 Å². The molecule has 0 unspecified atom stereocenters. The van der Waals surface area contributed by atoms with Crippen molar-refractivity contribution in [3.05, 3.63) is 23.2 Å². The van der Waals surface area contributed by atoms with E-state index in [9.17, 15) is 4.79 Å². The Kier molecular flexibility index (Phi) is 1.79. The molecule has 1 aliphatic rings. The first-order valence-corrected chi connectivity index (χ1v) is 5.76. The molecule has 0 radical (unpaired) electrons. The van der Waals surface area contributed by atoms with E-state index < -0.39 is 0 Å². The zero-order valence-electron chi connectivity index (χ0n) is 8.06. The predicted octanol–water partition coefficient (Wildman–Crippen LogP) is 2.47. The van der Waals surface area contributed by atoms with Crippen LogP contribution in [-0.4, -0.2) is 10.8 Å². The number of hydrogen-bond donors (Lipinski definition) is 1. The Balaban J connectivity index is 2.13. The van der Waals surface area contributed by atoms with E-state index in [1.165, 1.54) is 11.3 Å². The van der Waals surface area contributed by atoms with E-state index in [1.54, 1.807) is 0 Å². The van der Waals surface area contributed by atoms with Gasteiger partial charge < -0.3 is 5.73 Å². The molecule has 3 nitrogen and oxygen atoms in total. The zero-order chi connectivity index (χ0) is 10.4. The number of carbonyl (C=O) groups excluding carboxylic acids is 1. The van der Waals surface area contributed by atoms with Crippen LogP contribution in [-0.2, 0) is 0 Å². The normalized spacial score (nSPS) is 15.7. The van der Waals surface area contributed by atoms with Crippen molar-refractivity contribution in [3.63, 3.8) is 0 Å². The fourth-order valence-electron chi connectivity index (χ4n) is 1.60. The van der Waals surface area contributed by atoms with Crippen LogP contribution in [0.3, 0.4) is 0 Å². The van der Waals surface area contributed by atoms with Crippen LogP contribution in [0.5, 0.6) is 0 Å². The third-order valence-corrected chi connectivity index (χ3v) is 3.64. The smallest absolute Gasteiger partial charge is 0.194 e. The molecule has 4 heteroatoms. The third-order valence-electron chi connectivity index (χ3n) is 2.61. The van der Waals surface area contributed by atoms with Crippen molar-refractivity contribution in [1.82, 2.24) is 4.98 Å². The number of rotatable bonds is 2. The highest BCUT2D eigenvalue weighted by molar-refractivity contribution is 7.20. The molecule has 2 N–H and O–H groups in total. The van der Waals surface area contributed by atoms with E-state index >= 15 is 0 Å². The first-order valence-electron chi connectivity index (χ1n) is 4.95. The second kappa shape index (κ2) is 3.03. The molecule has 0 aliphatic heterocycles. The first-order chi connectivity index (χ1) is 7.25. The van der Waals surface area contributed by atoms with Gasteiger partial charge in [0, 0.05) is 5.92 Å². The average molecular weight is 218 g/mol. The zero-order valence-corrected chi connectivity index (χ0v) is 8.88. The molecule has 1 aliphatic carbocycles. The van der Waals surface area contributed by atoms with Crippen molar-refractivity contribution < 1.29 is 4.79 Å². The molecule has 0 spiro atoms. The fraction of sp³-hybridized carbons (Fsp3) is 0.273. The summed E-state index contributed by atoms with van der Waals surface area (Å²) in [6.45, 7) is 0. The molecular weight excluding hydrogens is 208 g/mol. The average Bonchev–Trinajstić information content (AvgIpc) is 2.97. The lowest BCUT2D eigenvalue weighted by Crippen LogP contribution is -1.99. The van der Waals surface area contributed by atoms with Crippen LogP contribution in [0.1, 0.15) is 22.6 Å². The number of nitrogen functional groups attached to an aromatic ring is 1. The highest BCUT2D eigenvalue weighted by Crippen LogP contribution is 2.35. The molecule has 1 aromatic heterocycles. The van der Waals surface area contributed by atoms with E-state index in [4.69, 9.17) is 5.73 Å². The number of nitrogens with two attached hydrogens (primary N) is 1. The monoisotopic (exact) mass is 218 g/mol. The summed E-state index contributed by atoms with van der Waals surface area (Å²) in [5, 5.41) is 0.616. The van der Waals surface area contributed by atoms with Gasteiger partial charge in [-0.15, -0.1) is 11.3 Å². The van der Waals surface area contributed by atoms with Crippen LogP contribution in [0.25, 0.3) is 10.2 Å². The molecule has 0 saturated heterocycles. The summed E-state index contributed by atoms with van der Waals surface area (Å²) in [7, 11) is 0. The second-order valence-corrected chi connectivity index (χ2v) is 4.88. The molecule has 1 heterocycles. The highest BCUT2D eigenvalue weighted by Gasteiger charge is 2.32. The lowest BCUT2D eigenvalue weighted by molar-refractivity contribution is 0.0967. The Hall–Kier alpha value is -1.42. The van der Waals surface area contributed by atoms with Crippen LogP contribution in [0.2, 0.25) is 0 Å². The van der Waals surface area contributed by atoms with Gasteiger partial charge >= 0.3 is 0 Å². The van der Waals surface area contributed by atoms with Crippen LogP contribution in [0, 0.1) is 5.92 Å². The SMILES string of the molecule is Nc1cccc2sc(C(=O)C3CC3)nc12. The van der Waals surface area contributed by atoms with Gasteiger partial charge in [-0.05, 0) is 25.0 Å². The molecule has 15 heavy (non-hydrogen) atoms. The molecule has 1 saturated carbocycles. The summed E-state index contributed by atoms with van der Waals surface area (Å²) < 4.78 is 0.999. The summed E-state index contributed by atoms with van der Waals surface area (Å²) in [5.41, 5.74) is 7.22. The molecule has 1 aromatic carbocycles. The standard InChI is InChI=1S/C11H10N2OS/c12-7-2-1-3-8-9(7)13-11(15-8)10(14)6-4-5-6/h1-3,6H,4-5,12H2. The van der Waals surface area contributed by atoms with Crippen LogP contribution in [0.15, 0.2) is 18.2 Å². The Morgan fingerprint density at radius 1 is 1.47 bits per heavy atom. The Morgan fingerprint density at radius 2 is 2.27 bits per heavy atom. The van der Waals surface area contributed by atoms with Crippen LogP contribution < -0.4 is 5.73 Å². The van der Waals surface area contributed by atoms with Crippen molar-refractivity contribution >= 4 is 33.0 Å². The number of benzene rings is 1. The van der Waals surface area contributed by atoms with E-state index in [2.05, 4.69) is 4.98 Å². The van der Waals surface area contributed by atoms with Gasteiger partial charge in [0.15, 0.2) is 10.8 Å². The minimum absolute atomic E-state index is 0.190. The first kappa shape index (κ1) is 8.85. The van der Waals surface area contributed by atoms with Crippen LogP contribution in [0.4, 0.5) is 5.69 Å². The van der Waals surface area contributed by atoms with Crippen LogP contribution >= 0.6 is 11.3 Å². The molecule has 2 aromatic rings. The number of fused-ring (bicyclic) bond motifs is 1. The summed E-state index contributed by atoms with van der Waals surface area (Å²) in [6, 6.07) is 5.65. The van der Waals surface area contributed by atoms with Crippen molar-refractivity contribution in [3.8, 4) is 0 Å². The van der Waals surface area contributed by atoms with Crippen molar-refractivity contribution in [1.29, 1.82) is 0 Å². The van der Waals surface area contributed by atoms with E-state index in [-0.39, 0.29) is 11.7 Å². The number of hydrogen-bond acceptors (Lipinski definition) is 4. The fourth-order valence-corrected chi connectivity index (χ4v) is 2.61. The number of Topliss-reactive ketones (excluding diaryl/α,β-unsaturated/α-hetero) is 1. The summed E-state index contributed by atoms with van der Waals surface area (Å²) in [6.07, 6.45) is 2.04. The summed E-state index contributed by atoms with van der Waals surface area (Å²) in [5.74, 6) is 0.419. The lowest BCUT2D eigenvalue weighted by Gasteiger charge is -1.91. The summed E-state index contributed by atoms with van der Waals surface area (Å²) >= 11 is 1.45. The number of nitrogens with zero attached hydrogens (tertiary/aromatic N) is 1. The number of anilines is 1. The molecule has 76 valence electrons. The quantitative estimate of drug-likeness (QED) is 0.622. The third kappa shape index (κ3) is 1.41. The van der Waals surface area contributed by atoms with Gasteiger partial charge in [0.2, 0.25) is 0 Å². The van der Waals surface area contributed by atoms with Crippen molar-refractivity contribution in [2.75, 3.05) is 5.73 Å². The Labute approximate surface area is 90.9 Å². The van der Waals surface area contributed by atoms with Gasteiger partial charge in [-0.2, -0.15) is 0 Å². The number of aromatic nitrogens is 1. The van der Waals surface area contributed by atoms with Gasteiger partial charge in [-0.3, -0.25) is 4.79 Å². The van der Waals surface area contributed by atoms with Gasteiger partial charge in [-0.1, -0.05) is 6.07 Å². The number of carbonyl (C=O) groups is 1. The maximum absolute atomic E-state index is 11.8. The molecule has 0 atom stereocenters. The minimum Gasteiger partial charge on any atom is -0.397 e. The summed E-state index contributed by atoms with van der Waals surface area (Å²) in [4.78, 5) is 16.1. The van der Waals surface area contributed by atoms with E-state index in [0.29, 0.717) is 10.7 Å².